The molecule has 0 spiro atoms. The molecule has 0 saturated heterocycles. The monoisotopic (exact) mass is 419 g/mol. The molecule has 6 heteroatoms. The third-order valence-electron chi connectivity index (χ3n) is 5.88. The molecule has 1 atom stereocenters. The van der Waals surface area contributed by atoms with E-state index in [-0.39, 0.29) is 29.5 Å². The Balaban J connectivity index is 2.03. The van der Waals surface area contributed by atoms with Crippen LogP contribution in [0.3, 0.4) is 0 Å². The number of aliphatic hydroxyl groups excluding tert-OH is 1. The molecule has 0 bridgehead atoms. The van der Waals surface area contributed by atoms with Gasteiger partial charge in [-0.25, -0.2) is 0 Å². The molecule has 1 aliphatic carbocycles. The molecule has 158 valence electrons. The standard InChI is InChI=1S/C23H30ClNO4/c1-7-16(25-28-8-2)20-17(26)9-14(10-18(20)27)19-13(4)12(3)15-11-23(5,6)29-22(15)21(19)24/h14,26H,7-11H2,1-6H3/b25-16-. The maximum absolute atomic E-state index is 13.0. The number of ketones is 1. The van der Waals surface area contributed by atoms with Gasteiger partial charge in [0.25, 0.3) is 0 Å². The predicted molar refractivity (Wildman–Crippen MR) is 115 cm³/mol. The topological polar surface area (TPSA) is 68.1 Å². The van der Waals surface area contributed by atoms with Gasteiger partial charge in [0.1, 0.15) is 23.7 Å². The van der Waals surface area contributed by atoms with Crippen LogP contribution in [0, 0.1) is 13.8 Å². The van der Waals surface area contributed by atoms with E-state index in [2.05, 4.69) is 12.1 Å². The normalized spacial score (nSPS) is 21.3. The predicted octanol–water partition coefficient (Wildman–Crippen LogP) is 5.73. The Morgan fingerprint density at radius 2 is 1.97 bits per heavy atom. The Hall–Kier alpha value is -2.01. The highest BCUT2D eigenvalue weighted by Gasteiger charge is 2.38. The minimum atomic E-state index is -0.300. The van der Waals surface area contributed by atoms with Crippen LogP contribution in [0.5, 0.6) is 5.75 Å². The van der Waals surface area contributed by atoms with E-state index in [1.165, 1.54) is 0 Å². The summed E-state index contributed by atoms with van der Waals surface area (Å²) in [7, 11) is 0. The van der Waals surface area contributed by atoms with Crippen LogP contribution in [-0.2, 0) is 16.1 Å². The van der Waals surface area contributed by atoms with Crippen LogP contribution >= 0.6 is 11.6 Å². The summed E-state index contributed by atoms with van der Waals surface area (Å²) in [6.07, 6.45) is 1.93. The van der Waals surface area contributed by atoms with Crippen LogP contribution in [0.15, 0.2) is 16.5 Å². The average molecular weight is 420 g/mol. The van der Waals surface area contributed by atoms with Gasteiger partial charge >= 0.3 is 0 Å². The first-order chi connectivity index (χ1) is 13.6. The highest BCUT2D eigenvalue weighted by atomic mass is 35.5. The van der Waals surface area contributed by atoms with E-state index < -0.39 is 0 Å². The van der Waals surface area contributed by atoms with E-state index in [1.54, 1.807) is 0 Å². The number of halogens is 1. The Kier molecular flexibility index (Phi) is 6.00. The van der Waals surface area contributed by atoms with Crippen LogP contribution in [0.2, 0.25) is 5.02 Å². The lowest BCUT2D eigenvalue weighted by Gasteiger charge is -2.28. The molecule has 0 aromatic heterocycles. The fraction of sp³-hybridized carbons (Fsp3) is 0.565. The fourth-order valence-corrected chi connectivity index (χ4v) is 4.86. The summed E-state index contributed by atoms with van der Waals surface area (Å²) in [5.41, 5.74) is 4.75. The van der Waals surface area contributed by atoms with Crippen LogP contribution < -0.4 is 4.74 Å². The van der Waals surface area contributed by atoms with E-state index in [0.717, 1.165) is 34.4 Å². The van der Waals surface area contributed by atoms with Crippen molar-refractivity contribution >= 4 is 23.1 Å². The number of ether oxygens (including phenoxy) is 1. The first-order valence-electron chi connectivity index (χ1n) is 10.3. The second kappa shape index (κ2) is 8.02. The first-order valence-corrected chi connectivity index (χ1v) is 10.6. The molecule has 5 nitrogen and oxygen atoms in total. The zero-order valence-electron chi connectivity index (χ0n) is 18.1. The van der Waals surface area contributed by atoms with Crippen LogP contribution in [0.1, 0.15) is 75.1 Å². The largest absolute Gasteiger partial charge is 0.511 e. The molecule has 1 aromatic rings. The quantitative estimate of drug-likeness (QED) is 0.488. The smallest absolute Gasteiger partial charge is 0.168 e. The number of hydrogen-bond acceptors (Lipinski definition) is 5. The maximum Gasteiger partial charge on any atom is 0.168 e. The van der Waals surface area contributed by atoms with Crippen LogP contribution in [0.4, 0.5) is 0 Å². The van der Waals surface area contributed by atoms with Crippen molar-refractivity contribution in [3.05, 3.63) is 38.6 Å². The lowest BCUT2D eigenvalue weighted by Crippen LogP contribution is -2.25. The average Bonchev–Trinajstić information content (AvgIpc) is 2.98. The molecule has 1 N–H and O–H groups in total. The number of carbonyl (C=O) groups is 1. The number of allylic oxidation sites excluding steroid dienone is 2. The minimum Gasteiger partial charge on any atom is -0.511 e. The van der Waals surface area contributed by atoms with Gasteiger partial charge in [0, 0.05) is 30.7 Å². The van der Waals surface area contributed by atoms with E-state index in [9.17, 15) is 9.90 Å². The van der Waals surface area contributed by atoms with Gasteiger partial charge < -0.3 is 14.7 Å². The highest BCUT2D eigenvalue weighted by molar-refractivity contribution is 6.33. The number of aliphatic hydroxyl groups is 1. The number of rotatable bonds is 5. The van der Waals surface area contributed by atoms with Crippen molar-refractivity contribution in [1.29, 1.82) is 0 Å². The Bertz CT molecular complexity index is 914. The Labute approximate surface area is 177 Å². The van der Waals surface area contributed by atoms with Crippen molar-refractivity contribution in [3.63, 3.8) is 0 Å². The molecule has 1 unspecified atom stereocenters. The zero-order valence-corrected chi connectivity index (χ0v) is 18.9. The van der Waals surface area contributed by atoms with Crippen molar-refractivity contribution in [1.82, 2.24) is 0 Å². The minimum absolute atomic E-state index is 0.0569. The van der Waals surface area contributed by atoms with Crippen LogP contribution in [-0.4, -0.2) is 28.8 Å². The molecule has 0 saturated carbocycles. The highest BCUT2D eigenvalue weighted by Crippen LogP contribution is 2.49. The third-order valence-corrected chi connectivity index (χ3v) is 6.26. The molecule has 0 radical (unpaired) electrons. The van der Waals surface area contributed by atoms with Gasteiger partial charge in [0.15, 0.2) is 5.78 Å². The number of Topliss-reactive ketones (excluding diaryl/α,β-unsaturated/α-hetero) is 1. The molecular weight excluding hydrogens is 390 g/mol. The number of oxime groups is 1. The van der Waals surface area contributed by atoms with Gasteiger partial charge in [0.2, 0.25) is 0 Å². The van der Waals surface area contributed by atoms with Crippen molar-refractivity contribution in [3.8, 4) is 5.75 Å². The van der Waals surface area contributed by atoms with Crippen molar-refractivity contribution in [2.24, 2.45) is 5.16 Å². The number of carbonyl (C=O) groups excluding carboxylic acids is 1. The summed E-state index contributed by atoms with van der Waals surface area (Å²) < 4.78 is 6.14. The number of nitrogens with zero attached hydrogens (tertiary/aromatic N) is 1. The van der Waals surface area contributed by atoms with Crippen LogP contribution in [0.25, 0.3) is 0 Å². The van der Waals surface area contributed by atoms with Gasteiger partial charge in [-0.2, -0.15) is 0 Å². The maximum atomic E-state index is 13.0. The van der Waals surface area contributed by atoms with E-state index in [1.807, 2.05) is 34.6 Å². The third kappa shape index (κ3) is 3.89. The number of benzene rings is 1. The van der Waals surface area contributed by atoms with Gasteiger partial charge in [-0.15, -0.1) is 0 Å². The van der Waals surface area contributed by atoms with Crippen molar-refractivity contribution in [2.45, 2.75) is 78.7 Å². The Morgan fingerprint density at radius 1 is 1.28 bits per heavy atom. The Morgan fingerprint density at radius 3 is 2.55 bits per heavy atom. The lowest BCUT2D eigenvalue weighted by atomic mass is 9.78. The summed E-state index contributed by atoms with van der Waals surface area (Å²) in [5.74, 6) is 0.458. The van der Waals surface area contributed by atoms with Gasteiger partial charge in [-0.05, 0) is 57.7 Å². The molecule has 0 amide bonds. The second-order valence-corrected chi connectivity index (χ2v) is 8.86. The molecule has 3 rings (SSSR count). The molecule has 2 aliphatic rings. The summed E-state index contributed by atoms with van der Waals surface area (Å²) in [4.78, 5) is 18.1. The number of fused-ring (bicyclic) bond motifs is 1. The van der Waals surface area contributed by atoms with E-state index >= 15 is 0 Å². The molecule has 29 heavy (non-hydrogen) atoms. The molecule has 0 fully saturated rings. The zero-order chi connectivity index (χ0) is 21.5. The van der Waals surface area contributed by atoms with E-state index in [4.69, 9.17) is 21.2 Å². The van der Waals surface area contributed by atoms with E-state index in [0.29, 0.717) is 35.8 Å². The SMILES string of the molecule is CCO/N=C(/CC)C1=C(O)CC(c2c(C)c(C)c3c(c2Cl)OC(C)(C)C3)CC1=O. The molecule has 1 aromatic carbocycles. The summed E-state index contributed by atoms with van der Waals surface area (Å²) in [5, 5.41) is 15.3. The lowest BCUT2D eigenvalue weighted by molar-refractivity contribution is -0.116. The molecule has 1 aliphatic heterocycles. The summed E-state index contributed by atoms with van der Waals surface area (Å²) in [6.45, 7) is 12.3. The second-order valence-electron chi connectivity index (χ2n) is 8.48. The van der Waals surface area contributed by atoms with Gasteiger partial charge in [-0.1, -0.05) is 23.7 Å². The molecular formula is C23H30ClNO4. The molecule has 1 heterocycles. The summed E-state index contributed by atoms with van der Waals surface area (Å²) in [6, 6.07) is 0. The van der Waals surface area contributed by atoms with Gasteiger partial charge in [-0.3, -0.25) is 4.79 Å². The fourth-order valence-electron chi connectivity index (χ4n) is 4.42. The van der Waals surface area contributed by atoms with Crippen molar-refractivity contribution in [2.75, 3.05) is 6.61 Å². The number of hydrogen-bond donors (Lipinski definition) is 1. The van der Waals surface area contributed by atoms with Gasteiger partial charge in [0.05, 0.1) is 16.3 Å². The van der Waals surface area contributed by atoms with Crippen molar-refractivity contribution < 1.29 is 19.5 Å². The summed E-state index contributed by atoms with van der Waals surface area (Å²) >= 11 is 6.80. The first kappa shape index (κ1) is 21.7.